The number of anilines is 1. The highest BCUT2D eigenvalue weighted by molar-refractivity contribution is 5.81. The first kappa shape index (κ1) is 13.9. The van der Waals surface area contributed by atoms with E-state index in [-0.39, 0.29) is 5.91 Å². The van der Waals surface area contributed by atoms with Crippen LogP contribution in [0.2, 0.25) is 0 Å². The van der Waals surface area contributed by atoms with Crippen molar-refractivity contribution in [1.29, 1.82) is 0 Å². The molecule has 0 saturated carbocycles. The number of para-hydroxylation sites is 1. The van der Waals surface area contributed by atoms with Gasteiger partial charge in [-0.15, -0.1) is 0 Å². The molecule has 0 aromatic heterocycles. The van der Waals surface area contributed by atoms with Crippen LogP contribution in [-0.4, -0.2) is 30.6 Å². The van der Waals surface area contributed by atoms with Gasteiger partial charge in [0.25, 0.3) is 0 Å². The number of aliphatic hydroxyl groups is 1. The predicted octanol–water partition coefficient (Wildman–Crippen LogP) is 1.85. The second kappa shape index (κ2) is 6.57. The first-order valence-corrected chi connectivity index (χ1v) is 7.01. The number of benzene rings is 1. The van der Waals surface area contributed by atoms with Crippen molar-refractivity contribution in [1.82, 2.24) is 5.32 Å². The second-order valence-electron chi connectivity index (χ2n) is 4.99. The van der Waals surface area contributed by atoms with Gasteiger partial charge in [-0.2, -0.15) is 0 Å². The van der Waals surface area contributed by atoms with E-state index in [4.69, 9.17) is 0 Å². The van der Waals surface area contributed by atoms with Gasteiger partial charge in [0.15, 0.2) is 0 Å². The normalized spacial score (nSPS) is 18.6. The lowest BCUT2D eigenvalue weighted by Crippen LogP contribution is -2.38. The summed E-state index contributed by atoms with van der Waals surface area (Å²) in [5.41, 5.74) is 1.92. The lowest BCUT2D eigenvalue weighted by Gasteiger charge is -2.24. The van der Waals surface area contributed by atoms with Gasteiger partial charge in [0.1, 0.15) is 0 Å². The number of rotatable bonds is 4. The van der Waals surface area contributed by atoms with Crippen LogP contribution in [0.4, 0.5) is 5.69 Å². The number of nitrogens with zero attached hydrogens (tertiary/aromatic N) is 1. The third kappa shape index (κ3) is 3.47. The van der Waals surface area contributed by atoms with Crippen molar-refractivity contribution >= 4 is 11.6 Å². The maximum atomic E-state index is 11.9. The van der Waals surface area contributed by atoms with Gasteiger partial charge in [-0.1, -0.05) is 25.1 Å². The Hall–Kier alpha value is -1.55. The molecule has 1 aromatic carbocycles. The van der Waals surface area contributed by atoms with E-state index in [1.165, 1.54) is 0 Å². The van der Waals surface area contributed by atoms with Gasteiger partial charge in [-0.3, -0.25) is 4.79 Å². The number of hydrogen-bond acceptors (Lipinski definition) is 3. The number of carbonyl (C=O) groups is 1. The Balaban J connectivity index is 2.12. The van der Waals surface area contributed by atoms with Crippen LogP contribution in [0.1, 0.15) is 37.9 Å². The third-order valence-corrected chi connectivity index (χ3v) is 3.45. The highest BCUT2D eigenvalue weighted by Crippen LogP contribution is 2.32. The summed E-state index contributed by atoms with van der Waals surface area (Å²) in [5, 5.41) is 13.0. The summed E-state index contributed by atoms with van der Waals surface area (Å²) in [6.45, 7) is 3.94. The summed E-state index contributed by atoms with van der Waals surface area (Å²) < 4.78 is 0. The minimum atomic E-state index is -0.417. The number of nitrogens with one attached hydrogen (secondary N) is 1. The average molecular weight is 262 g/mol. The minimum Gasteiger partial charge on any atom is -0.388 e. The van der Waals surface area contributed by atoms with Gasteiger partial charge in [0.2, 0.25) is 5.91 Å². The first-order chi connectivity index (χ1) is 9.22. The highest BCUT2D eigenvalue weighted by Gasteiger charge is 2.22. The van der Waals surface area contributed by atoms with Crippen molar-refractivity contribution in [2.24, 2.45) is 0 Å². The van der Waals surface area contributed by atoms with Crippen molar-refractivity contribution in [2.45, 2.75) is 32.3 Å². The molecule has 1 unspecified atom stereocenters. The molecule has 1 aliphatic heterocycles. The van der Waals surface area contributed by atoms with Crippen LogP contribution in [0.25, 0.3) is 0 Å². The van der Waals surface area contributed by atoms with Crippen molar-refractivity contribution in [3.8, 4) is 0 Å². The second-order valence-corrected chi connectivity index (χ2v) is 4.99. The lowest BCUT2D eigenvalue weighted by atomic mass is 10.0. The molecule has 0 spiro atoms. The van der Waals surface area contributed by atoms with E-state index in [0.29, 0.717) is 6.54 Å². The largest absolute Gasteiger partial charge is 0.388 e. The smallest absolute Gasteiger partial charge is 0.239 e. The number of hydrogen-bond donors (Lipinski definition) is 2. The van der Waals surface area contributed by atoms with Crippen LogP contribution in [0.15, 0.2) is 24.3 Å². The Bertz CT molecular complexity index is 434. The summed E-state index contributed by atoms with van der Waals surface area (Å²) in [6.07, 6.45) is 2.18. The van der Waals surface area contributed by atoms with Gasteiger partial charge in [0, 0.05) is 24.3 Å². The fraction of sp³-hybridized carbons (Fsp3) is 0.533. The van der Waals surface area contributed by atoms with Crippen LogP contribution >= 0.6 is 0 Å². The third-order valence-electron chi connectivity index (χ3n) is 3.45. The molecule has 1 atom stereocenters. The maximum Gasteiger partial charge on any atom is 0.239 e. The topological polar surface area (TPSA) is 52.6 Å². The van der Waals surface area contributed by atoms with E-state index in [2.05, 4.69) is 10.2 Å². The molecule has 4 nitrogen and oxygen atoms in total. The summed E-state index contributed by atoms with van der Waals surface area (Å²) in [7, 11) is 0. The molecule has 104 valence electrons. The van der Waals surface area contributed by atoms with Crippen molar-refractivity contribution in [3.63, 3.8) is 0 Å². The van der Waals surface area contributed by atoms with Crippen LogP contribution < -0.4 is 10.2 Å². The lowest BCUT2D eigenvalue weighted by molar-refractivity contribution is -0.119. The Morgan fingerprint density at radius 3 is 3.05 bits per heavy atom. The Kier molecular flexibility index (Phi) is 4.80. The molecular weight excluding hydrogens is 240 g/mol. The summed E-state index contributed by atoms with van der Waals surface area (Å²) >= 11 is 0. The summed E-state index contributed by atoms with van der Waals surface area (Å²) in [6, 6.07) is 7.82. The Morgan fingerprint density at radius 1 is 1.47 bits per heavy atom. The van der Waals surface area contributed by atoms with Crippen LogP contribution in [0.3, 0.4) is 0 Å². The first-order valence-electron chi connectivity index (χ1n) is 7.01. The van der Waals surface area contributed by atoms with E-state index in [1.807, 2.05) is 31.2 Å². The summed E-state index contributed by atoms with van der Waals surface area (Å²) in [4.78, 5) is 13.9. The molecule has 1 aliphatic rings. The standard InChI is InChI=1S/C15H22N2O2/c1-2-9-16-15(19)11-17-10-5-8-14(18)12-6-3-4-7-13(12)17/h3-4,6-7,14,18H,2,5,8-11H2,1H3,(H,16,19). The number of amides is 1. The molecule has 1 amide bonds. The van der Waals surface area contributed by atoms with Gasteiger partial charge in [-0.25, -0.2) is 0 Å². The molecule has 2 rings (SSSR count). The van der Waals surface area contributed by atoms with Crippen LogP contribution in [-0.2, 0) is 4.79 Å². The van der Waals surface area contributed by atoms with Crippen LogP contribution in [0, 0.1) is 0 Å². The zero-order chi connectivity index (χ0) is 13.7. The molecule has 0 bridgehead atoms. The van der Waals surface area contributed by atoms with Crippen molar-refractivity contribution in [2.75, 3.05) is 24.5 Å². The molecule has 19 heavy (non-hydrogen) atoms. The number of carbonyl (C=O) groups excluding carboxylic acids is 1. The zero-order valence-corrected chi connectivity index (χ0v) is 11.4. The van der Waals surface area contributed by atoms with Gasteiger partial charge >= 0.3 is 0 Å². The molecular formula is C15H22N2O2. The molecule has 0 fully saturated rings. The molecule has 2 N–H and O–H groups in total. The van der Waals surface area contributed by atoms with Gasteiger partial charge < -0.3 is 15.3 Å². The number of fused-ring (bicyclic) bond motifs is 1. The van der Waals surface area contributed by atoms with Gasteiger partial charge in [0.05, 0.1) is 12.6 Å². The molecule has 0 saturated heterocycles. The van der Waals surface area contributed by atoms with Crippen LogP contribution in [0.5, 0.6) is 0 Å². The van der Waals surface area contributed by atoms with E-state index in [0.717, 1.165) is 43.6 Å². The van der Waals surface area contributed by atoms with Gasteiger partial charge in [-0.05, 0) is 25.3 Å². The Labute approximate surface area is 114 Å². The average Bonchev–Trinajstić information content (AvgIpc) is 2.58. The fourth-order valence-corrected chi connectivity index (χ4v) is 2.47. The minimum absolute atomic E-state index is 0.0491. The molecule has 1 aromatic rings. The summed E-state index contributed by atoms with van der Waals surface area (Å²) in [5.74, 6) is 0.0491. The van der Waals surface area contributed by atoms with E-state index in [1.54, 1.807) is 0 Å². The fourth-order valence-electron chi connectivity index (χ4n) is 2.47. The maximum absolute atomic E-state index is 11.9. The van der Waals surface area contributed by atoms with Crippen molar-refractivity contribution < 1.29 is 9.90 Å². The van der Waals surface area contributed by atoms with E-state index in [9.17, 15) is 9.90 Å². The molecule has 0 radical (unpaired) electrons. The Morgan fingerprint density at radius 2 is 2.26 bits per heavy atom. The highest BCUT2D eigenvalue weighted by atomic mass is 16.3. The quantitative estimate of drug-likeness (QED) is 0.870. The molecule has 0 aliphatic carbocycles. The van der Waals surface area contributed by atoms with E-state index < -0.39 is 6.10 Å². The number of aliphatic hydroxyl groups excluding tert-OH is 1. The monoisotopic (exact) mass is 262 g/mol. The molecule has 4 heteroatoms. The van der Waals surface area contributed by atoms with Crippen molar-refractivity contribution in [3.05, 3.63) is 29.8 Å². The molecule has 1 heterocycles. The van der Waals surface area contributed by atoms with E-state index >= 15 is 0 Å². The SMILES string of the molecule is CCCNC(=O)CN1CCCC(O)c2ccccc21. The predicted molar refractivity (Wildman–Crippen MR) is 76.1 cm³/mol. The zero-order valence-electron chi connectivity index (χ0n) is 11.4.